The molecule has 0 saturated carbocycles. The van der Waals surface area contributed by atoms with Gasteiger partial charge in [-0.2, -0.15) is 5.11 Å². The molecule has 0 spiro atoms. The van der Waals surface area contributed by atoms with E-state index in [4.69, 9.17) is 5.73 Å². The quantitative estimate of drug-likeness (QED) is 0.404. The Morgan fingerprint density at radius 1 is 0.850 bits per heavy atom. The summed E-state index contributed by atoms with van der Waals surface area (Å²) in [6.07, 6.45) is 0. The van der Waals surface area contributed by atoms with Crippen molar-refractivity contribution in [2.75, 3.05) is 5.73 Å². The Morgan fingerprint density at radius 2 is 1.65 bits per heavy atom. The second kappa shape index (κ2) is 5.01. The van der Waals surface area contributed by atoms with Crippen molar-refractivity contribution in [3.05, 3.63) is 60.7 Å². The number of nitrogens with zero attached hydrogens (tertiary/aromatic N) is 2. The van der Waals surface area contributed by atoms with Gasteiger partial charge in [-0.3, -0.25) is 0 Å². The Labute approximate surface area is 116 Å². The van der Waals surface area contributed by atoms with Gasteiger partial charge in [-0.25, -0.2) is 0 Å². The van der Waals surface area contributed by atoms with Crippen LogP contribution in [0.4, 0.5) is 17.1 Å². The van der Waals surface area contributed by atoms with Gasteiger partial charge in [-0.15, -0.1) is 5.11 Å². The fourth-order valence-electron chi connectivity index (χ4n) is 2.01. The maximum atomic E-state index is 9.37. The Morgan fingerprint density at radius 3 is 2.50 bits per heavy atom. The number of hydrogen-bond acceptors (Lipinski definition) is 4. The third kappa shape index (κ3) is 2.31. The van der Waals surface area contributed by atoms with Crippen molar-refractivity contribution >= 4 is 27.8 Å². The van der Waals surface area contributed by atoms with Gasteiger partial charge in [0.05, 0.1) is 17.1 Å². The highest BCUT2D eigenvalue weighted by Crippen LogP contribution is 2.29. The van der Waals surface area contributed by atoms with Crippen LogP contribution in [0.2, 0.25) is 0 Å². The highest BCUT2D eigenvalue weighted by Gasteiger charge is 2.00. The molecule has 3 rings (SSSR count). The van der Waals surface area contributed by atoms with Crippen LogP contribution in [0.3, 0.4) is 0 Å². The van der Waals surface area contributed by atoms with Crippen molar-refractivity contribution in [3.63, 3.8) is 0 Å². The van der Waals surface area contributed by atoms with Crippen LogP contribution in [-0.2, 0) is 0 Å². The van der Waals surface area contributed by atoms with Crippen molar-refractivity contribution in [1.29, 1.82) is 0 Å². The Hall–Kier alpha value is -2.88. The van der Waals surface area contributed by atoms with E-state index in [0.29, 0.717) is 11.4 Å². The summed E-state index contributed by atoms with van der Waals surface area (Å²) in [5.41, 5.74) is 7.33. The van der Waals surface area contributed by atoms with Gasteiger partial charge in [0.1, 0.15) is 5.75 Å². The number of aromatic hydroxyl groups is 1. The molecule has 3 aromatic carbocycles. The van der Waals surface area contributed by atoms with Crippen molar-refractivity contribution in [2.45, 2.75) is 0 Å². The Bertz CT molecular complexity index is 791. The molecule has 0 atom stereocenters. The number of anilines is 1. The summed E-state index contributed by atoms with van der Waals surface area (Å²) < 4.78 is 0. The third-order valence-electron chi connectivity index (χ3n) is 3.05. The minimum absolute atomic E-state index is 0.0501. The number of nitrogens with two attached hydrogens (primary N) is 1. The first-order valence-electron chi connectivity index (χ1n) is 6.22. The van der Waals surface area contributed by atoms with Gasteiger partial charge >= 0.3 is 0 Å². The average Bonchev–Trinajstić information content (AvgIpc) is 2.48. The molecule has 4 heteroatoms. The molecular formula is C16H13N3O. The minimum Gasteiger partial charge on any atom is -0.506 e. The topological polar surface area (TPSA) is 71.0 Å². The lowest BCUT2D eigenvalue weighted by molar-refractivity contribution is 0.478. The number of hydrogen-bond donors (Lipinski definition) is 2. The van der Waals surface area contributed by atoms with Crippen molar-refractivity contribution in [3.8, 4) is 5.75 Å². The first-order valence-corrected chi connectivity index (χ1v) is 6.22. The van der Waals surface area contributed by atoms with Crippen molar-refractivity contribution in [1.82, 2.24) is 0 Å². The zero-order valence-electron chi connectivity index (χ0n) is 10.7. The first kappa shape index (κ1) is 12.2. The predicted octanol–water partition coefficient (Wildman–Crippen LogP) is 4.54. The van der Waals surface area contributed by atoms with E-state index in [2.05, 4.69) is 10.2 Å². The first-order chi connectivity index (χ1) is 9.74. The zero-order chi connectivity index (χ0) is 13.9. The van der Waals surface area contributed by atoms with Crippen LogP contribution in [0.5, 0.6) is 5.75 Å². The molecule has 3 N–H and O–H groups in total. The Kier molecular flexibility index (Phi) is 3.05. The molecule has 0 aromatic heterocycles. The van der Waals surface area contributed by atoms with Crippen molar-refractivity contribution in [2.24, 2.45) is 10.2 Å². The largest absolute Gasteiger partial charge is 0.506 e. The second-order valence-corrected chi connectivity index (χ2v) is 4.44. The number of azo groups is 1. The molecule has 0 bridgehead atoms. The fraction of sp³-hybridized carbons (Fsp3) is 0. The highest BCUT2D eigenvalue weighted by molar-refractivity contribution is 5.92. The van der Waals surface area contributed by atoms with E-state index in [1.165, 1.54) is 6.07 Å². The molecule has 0 aliphatic heterocycles. The summed E-state index contributed by atoms with van der Waals surface area (Å²) >= 11 is 0. The number of phenols is 1. The molecule has 0 unspecified atom stereocenters. The van der Waals surface area contributed by atoms with E-state index in [9.17, 15) is 5.11 Å². The molecule has 0 fully saturated rings. The molecule has 0 aliphatic carbocycles. The van der Waals surface area contributed by atoms with Gasteiger partial charge in [-0.1, -0.05) is 36.4 Å². The lowest BCUT2D eigenvalue weighted by Gasteiger charge is -2.01. The van der Waals surface area contributed by atoms with Gasteiger partial charge in [0.15, 0.2) is 0 Å². The smallest absolute Gasteiger partial charge is 0.138 e. The van der Waals surface area contributed by atoms with Crippen LogP contribution in [0.25, 0.3) is 10.8 Å². The molecule has 20 heavy (non-hydrogen) atoms. The van der Waals surface area contributed by atoms with Crippen LogP contribution >= 0.6 is 0 Å². The highest BCUT2D eigenvalue weighted by atomic mass is 16.3. The average molecular weight is 263 g/mol. The van der Waals surface area contributed by atoms with Gasteiger partial charge in [0, 0.05) is 5.39 Å². The van der Waals surface area contributed by atoms with E-state index in [-0.39, 0.29) is 5.75 Å². The molecule has 0 heterocycles. The zero-order valence-corrected chi connectivity index (χ0v) is 10.7. The van der Waals surface area contributed by atoms with Crippen LogP contribution < -0.4 is 5.73 Å². The van der Waals surface area contributed by atoms with Crippen molar-refractivity contribution < 1.29 is 5.11 Å². The van der Waals surface area contributed by atoms with Gasteiger partial charge in [-0.05, 0) is 29.7 Å². The van der Waals surface area contributed by atoms with Gasteiger partial charge in [0.25, 0.3) is 0 Å². The van der Waals surface area contributed by atoms with Crippen LogP contribution in [0.15, 0.2) is 70.9 Å². The molecule has 3 aromatic rings. The van der Waals surface area contributed by atoms with E-state index in [1.54, 1.807) is 12.1 Å². The number of nitrogen functional groups attached to an aromatic ring is 1. The SMILES string of the molecule is Nc1cc(N=Nc2cccc3ccccc23)ccc1O. The maximum Gasteiger partial charge on any atom is 0.138 e. The van der Waals surface area contributed by atoms with E-state index < -0.39 is 0 Å². The molecule has 0 saturated heterocycles. The lowest BCUT2D eigenvalue weighted by Crippen LogP contribution is -1.83. The molecular weight excluding hydrogens is 250 g/mol. The van der Waals surface area contributed by atoms with Crippen LogP contribution in [-0.4, -0.2) is 5.11 Å². The number of fused-ring (bicyclic) bond motifs is 1. The number of phenolic OH excluding ortho intramolecular Hbond substituents is 1. The second-order valence-electron chi connectivity index (χ2n) is 4.44. The molecule has 0 amide bonds. The molecule has 98 valence electrons. The lowest BCUT2D eigenvalue weighted by atomic mass is 10.1. The fourth-order valence-corrected chi connectivity index (χ4v) is 2.01. The predicted molar refractivity (Wildman–Crippen MR) is 80.6 cm³/mol. The molecule has 0 radical (unpaired) electrons. The summed E-state index contributed by atoms with van der Waals surface area (Å²) in [5, 5.41) is 20.0. The summed E-state index contributed by atoms with van der Waals surface area (Å²) in [7, 11) is 0. The van der Waals surface area contributed by atoms with E-state index in [0.717, 1.165) is 16.5 Å². The van der Waals surface area contributed by atoms with E-state index in [1.807, 2.05) is 42.5 Å². The standard InChI is InChI=1S/C16H13N3O/c17-14-10-12(8-9-16(14)20)18-19-15-7-3-5-11-4-1-2-6-13(11)15/h1-10,20H,17H2. The van der Waals surface area contributed by atoms with Gasteiger partial charge in [0.2, 0.25) is 0 Å². The van der Waals surface area contributed by atoms with Crippen LogP contribution in [0.1, 0.15) is 0 Å². The van der Waals surface area contributed by atoms with Gasteiger partial charge < -0.3 is 10.8 Å². The Balaban J connectivity index is 2.00. The summed E-state index contributed by atoms with van der Waals surface area (Å²) in [6, 6.07) is 18.7. The summed E-state index contributed by atoms with van der Waals surface area (Å²) in [6.45, 7) is 0. The molecule has 0 aliphatic rings. The maximum absolute atomic E-state index is 9.37. The molecule has 4 nitrogen and oxygen atoms in total. The minimum atomic E-state index is 0.0501. The third-order valence-corrected chi connectivity index (χ3v) is 3.05. The monoisotopic (exact) mass is 263 g/mol. The number of rotatable bonds is 2. The van der Waals surface area contributed by atoms with E-state index >= 15 is 0 Å². The normalized spacial score (nSPS) is 11.2. The van der Waals surface area contributed by atoms with Crippen LogP contribution in [0, 0.1) is 0 Å². The summed E-state index contributed by atoms with van der Waals surface area (Å²) in [5.74, 6) is 0.0501. The summed E-state index contributed by atoms with van der Waals surface area (Å²) in [4.78, 5) is 0. The number of benzene rings is 3.